The Morgan fingerprint density at radius 3 is 2.70 bits per heavy atom. The van der Waals surface area contributed by atoms with Crippen LogP contribution in [0.2, 0.25) is 5.02 Å². The van der Waals surface area contributed by atoms with Crippen LogP contribution in [0.1, 0.15) is 5.56 Å². The predicted octanol–water partition coefficient (Wildman–Crippen LogP) is 3.95. The molecule has 0 saturated heterocycles. The molecule has 4 nitrogen and oxygen atoms in total. The number of aromatic amines is 1. The summed E-state index contributed by atoms with van der Waals surface area (Å²) in [5.74, 6) is -0.0263. The summed E-state index contributed by atoms with van der Waals surface area (Å²) >= 11 is 8.53. The Bertz CT molecular complexity index is 702. The van der Waals surface area contributed by atoms with Gasteiger partial charge in [-0.25, -0.2) is 4.98 Å². The quantitative estimate of drug-likeness (QED) is 0.844. The third-order valence-corrected chi connectivity index (χ3v) is 3.31. The summed E-state index contributed by atoms with van der Waals surface area (Å²) in [6, 6.07) is 3.27. The highest BCUT2D eigenvalue weighted by Gasteiger charge is 2.34. The van der Waals surface area contributed by atoms with Gasteiger partial charge in [0.05, 0.1) is 17.6 Å². The van der Waals surface area contributed by atoms with E-state index < -0.39 is 17.3 Å². The summed E-state index contributed by atoms with van der Waals surface area (Å²) in [7, 11) is 0. The molecular weight excluding hydrogens is 362 g/mol. The van der Waals surface area contributed by atoms with Crippen molar-refractivity contribution in [3.63, 3.8) is 0 Å². The first-order valence-corrected chi connectivity index (χ1v) is 6.33. The number of nitrogens with zero attached hydrogens (tertiary/aromatic N) is 1. The molecule has 0 fully saturated rings. The number of aromatic nitrogens is 2. The summed E-state index contributed by atoms with van der Waals surface area (Å²) in [6.07, 6.45) is -3.50. The van der Waals surface area contributed by atoms with Gasteiger partial charge in [0.25, 0.3) is 5.56 Å². The van der Waals surface area contributed by atoms with Crippen molar-refractivity contribution in [3.05, 3.63) is 49.9 Å². The van der Waals surface area contributed by atoms with Crippen LogP contribution in [-0.2, 0) is 6.18 Å². The van der Waals surface area contributed by atoms with Crippen LogP contribution < -0.4 is 10.9 Å². The number of nitrogens with one attached hydrogen (secondary N) is 2. The minimum atomic E-state index is -4.58. The zero-order valence-electron chi connectivity index (χ0n) is 9.55. The molecule has 106 valence electrons. The minimum Gasteiger partial charge on any atom is -0.339 e. The van der Waals surface area contributed by atoms with Gasteiger partial charge in [-0.2, -0.15) is 13.2 Å². The number of hydrogen-bond acceptors (Lipinski definition) is 3. The minimum absolute atomic E-state index is 0.00285. The second kappa shape index (κ2) is 5.45. The Hall–Kier alpha value is -1.54. The Balaban J connectivity index is 2.49. The standard InChI is InChI=1S/C11H6BrClF3N3O/c12-8-9(17-4-18-10(8)20)19-7-2-1-5(13)3-6(7)11(14,15)16/h1-4H,(H2,17,18,19,20). The van der Waals surface area contributed by atoms with Crippen LogP contribution in [0.15, 0.2) is 33.8 Å². The summed E-state index contributed by atoms with van der Waals surface area (Å²) in [4.78, 5) is 17.4. The fraction of sp³-hybridized carbons (Fsp3) is 0.0909. The molecule has 0 amide bonds. The molecule has 1 aromatic heterocycles. The smallest absolute Gasteiger partial charge is 0.339 e. The Kier molecular flexibility index (Phi) is 4.05. The average molecular weight is 369 g/mol. The fourth-order valence-corrected chi connectivity index (χ4v) is 1.95. The molecule has 0 saturated carbocycles. The zero-order valence-corrected chi connectivity index (χ0v) is 11.9. The molecule has 0 aliphatic rings. The largest absolute Gasteiger partial charge is 0.418 e. The Morgan fingerprint density at radius 2 is 2.05 bits per heavy atom. The van der Waals surface area contributed by atoms with Crippen molar-refractivity contribution in [2.24, 2.45) is 0 Å². The second-order valence-electron chi connectivity index (χ2n) is 3.71. The Morgan fingerprint density at radius 1 is 1.35 bits per heavy atom. The molecule has 0 radical (unpaired) electrons. The zero-order chi connectivity index (χ0) is 14.9. The van der Waals surface area contributed by atoms with E-state index in [0.717, 1.165) is 12.4 Å². The van der Waals surface area contributed by atoms with Gasteiger partial charge < -0.3 is 10.3 Å². The maximum Gasteiger partial charge on any atom is 0.418 e. The van der Waals surface area contributed by atoms with Crippen molar-refractivity contribution in [2.45, 2.75) is 6.18 Å². The first-order chi connectivity index (χ1) is 9.29. The maximum atomic E-state index is 12.9. The highest BCUT2D eigenvalue weighted by Crippen LogP contribution is 2.37. The van der Waals surface area contributed by atoms with Gasteiger partial charge in [0, 0.05) is 5.02 Å². The Labute approximate surface area is 124 Å². The van der Waals surface area contributed by atoms with Crippen molar-refractivity contribution >= 4 is 39.0 Å². The number of halogens is 5. The van der Waals surface area contributed by atoms with Crippen molar-refractivity contribution in [1.29, 1.82) is 0 Å². The third-order valence-electron chi connectivity index (χ3n) is 2.34. The monoisotopic (exact) mass is 367 g/mol. The van der Waals surface area contributed by atoms with E-state index >= 15 is 0 Å². The number of H-pyrrole nitrogens is 1. The van der Waals surface area contributed by atoms with Gasteiger partial charge in [0.1, 0.15) is 4.47 Å². The second-order valence-corrected chi connectivity index (χ2v) is 4.94. The molecule has 1 aromatic carbocycles. The molecule has 2 aromatic rings. The summed E-state index contributed by atoms with van der Waals surface area (Å²) in [5, 5.41) is 2.42. The van der Waals surface area contributed by atoms with Crippen LogP contribution in [-0.4, -0.2) is 9.97 Å². The lowest BCUT2D eigenvalue weighted by Crippen LogP contribution is -2.13. The number of hydrogen-bond donors (Lipinski definition) is 2. The lowest BCUT2D eigenvalue weighted by Gasteiger charge is -2.14. The van der Waals surface area contributed by atoms with E-state index in [-0.39, 0.29) is 21.0 Å². The van der Waals surface area contributed by atoms with Gasteiger partial charge >= 0.3 is 6.18 Å². The summed E-state index contributed by atoms with van der Waals surface area (Å²) in [6.45, 7) is 0. The lowest BCUT2D eigenvalue weighted by molar-refractivity contribution is -0.136. The van der Waals surface area contributed by atoms with E-state index in [1.165, 1.54) is 12.1 Å². The number of benzene rings is 1. The van der Waals surface area contributed by atoms with Crippen LogP contribution in [0.4, 0.5) is 24.7 Å². The van der Waals surface area contributed by atoms with Crippen molar-refractivity contribution < 1.29 is 13.2 Å². The number of alkyl halides is 3. The number of rotatable bonds is 2. The molecule has 0 aliphatic carbocycles. The van der Waals surface area contributed by atoms with Crippen molar-refractivity contribution in [1.82, 2.24) is 9.97 Å². The van der Waals surface area contributed by atoms with Crippen LogP contribution in [0.25, 0.3) is 0 Å². The van der Waals surface area contributed by atoms with E-state index in [1.54, 1.807) is 0 Å². The molecule has 0 aliphatic heterocycles. The van der Waals surface area contributed by atoms with Crippen molar-refractivity contribution in [2.75, 3.05) is 5.32 Å². The number of anilines is 2. The molecule has 9 heteroatoms. The summed E-state index contributed by atoms with van der Waals surface area (Å²) in [5.41, 5.74) is -1.70. The highest BCUT2D eigenvalue weighted by molar-refractivity contribution is 9.10. The SMILES string of the molecule is O=c1[nH]cnc(Nc2ccc(Cl)cc2C(F)(F)F)c1Br. The van der Waals surface area contributed by atoms with Gasteiger partial charge in [-0.3, -0.25) is 4.79 Å². The van der Waals surface area contributed by atoms with E-state index in [0.29, 0.717) is 0 Å². The molecule has 1 heterocycles. The van der Waals surface area contributed by atoms with E-state index in [4.69, 9.17) is 11.6 Å². The molecule has 2 N–H and O–H groups in total. The molecular formula is C11H6BrClF3N3O. The normalized spacial score (nSPS) is 11.4. The van der Waals surface area contributed by atoms with E-state index in [9.17, 15) is 18.0 Å². The van der Waals surface area contributed by atoms with Gasteiger partial charge in [0.15, 0.2) is 5.82 Å². The average Bonchev–Trinajstić information content (AvgIpc) is 2.36. The molecule has 20 heavy (non-hydrogen) atoms. The van der Waals surface area contributed by atoms with Gasteiger partial charge in [0.2, 0.25) is 0 Å². The predicted molar refractivity (Wildman–Crippen MR) is 72.3 cm³/mol. The molecule has 2 rings (SSSR count). The first kappa shape index (κ1) is 14.9. The first-order valence-electron chi connectivity index (χ1n) is 5.16. The molecule has 0 unspecified atom stereocenters. The van der Waals surface area contributed by atoms with E-state index in [2.05, 4.69) is 31.2 Å². The summed E-state index contributed by atoms with van der Waals surface area (Å²) < 4.78 is 38.7. The van der Waals surface area contributed by atoms with Crippen LogP contribution in [0.5, 0.6) is 0 Å². The fourth-order valence-electron chi connectivity index (χ4n) is 1.46. The molecule has 0 atom stereocenters. The molecule has 0 bridgehead atoms. The lowest BCUT2D eigenvalue weighted by atomic mass is 10.1. The third kappa shape index (κ3) is 3.13. The van der Waals surface area contributed by atoms with Crippen LogP contribution in [0, 0.1) is 0 Å². The van der Waals surface area contributed by atoms with Gasteiger partial charge in [-0.1, -0.05) is 11.6 Å². The van der Waals surface area contributed by atoms with Gasteiger partial charge in [-0.05, 0) is 34.1 Å². The van der Waals surface area contributed by atoms with Crippen molar-refractivity contribution in [3.8, 4) is 0 Å². The maximum absolute atomic E-state index is 12.9. The topological polar surface area (TPSA) is 57.8 Å². The highest BCUT2D eigenvalue weighted by atomic mass is 79.9. The van der Waals surface area contributed by atoms with E-state index in [1.807, 2.05) is 0 Å². The van der Waals surface area contributed by atoms with Crippen LogP contribution >= 0.6 is 27.5 Å². The van der Waals surface area contributed by atoms with Gasteiger partial charge in [-0.15, -0.1) is 0 Å². The molecule has 0 spiro atoms. The van der Waals surface area contributed by atoms with Crippen LogP contribution in [0.3, 0.4) is 0 Å².